The Morgan fingerprint density at radius 3 is 2.72 bits per heavy atom. The minimum Gasteiger partial charge on any atom is -0.508 e. The van der Waals surface area contributed by atoms with Crippen LogP contribution < -0.4 is 0 Å². The summed E-state index contributed by atoms with van der Waals surface area (Å²) < 4.78 is 0. The molecule has 0 saturated heterocycles. The molecule has 1 aromatic rings. The van der Waals surface area contributed by atoms with Crippen molar-refractivity contribution in [2.75, 3.05) is 13.1 Å². The Morgan fingerprint density at radius 1 is 1.44 bits per heavy atom. The van der Waals surface area contributed by atoms with E-state index in [1.165, 1.54) is 12.1 Å². The smallest absolute Gasteiger partial charge is 0.258 e. The maximum atomic E-state index is 12.2. The number of phenols is 2. The maximum Gasteiger partial charge on any atom is 0.258 e. The quantitative estimate of drug-likeness (QED) is 0.792. The molecular formula is C14H15NO3. The van der Waals surface area contributed by atoms with Crippen molar-refractivity contribution >= 4 is 5.91 Å². The van der Waals surface area contributed by atoms with Gasteiger partial charge in [-0.3, -0.25) is 4.79 Å². The number of hydrogen-bond donors (Lipinski definition) is 2. The minimum absolute atomic E-state index is 0.0743. The fourth-order valence-corrected chi connectivity index (χ4v) is 1.81. The van der Waals surface area contributed by atoms with Crippen LogP contribution in [-0.4, -0.2) is 34.1 Å². The lowest BCUT2D eigenvalue weighted by molar-refractivity contribution is 0.0766. The number of nitrogens with zero attached hydrogens (tertiary/aromatic N) is 1. The molecule has 0 bridgehead atoms. The van der Waals surface area contributed by atoms with Crippen LogP contribution in [0, 0.1) is 18.3 Å². The summed E-state index contributed by atoms with van der Waals surface area (Å²) in [5, 5.41) is 18.9. The third kappa shape index (κ3) is 2.75. The Labute approximate surface area is 106 Å². The average Bonchev–Trinajstić information content (AvgIpc) is 3.11. The number of amides is 1. The largest absolute Gasteiger partial charge is 0.508 e. The van der Waals surface area contributed by atoms with E-state index in [1.54, 1.807) is 4.90 Å². The summed E-state index contributed by atoms with van der Waals surface area (Å²) in [5.74, 6) is 2.39. The van der Waals surface area contributed by atoms with Crippen LogP contribution in [0.2, 0.25) is 0 Å². The molecular weight excluding hydrogens is 230 g/mol. The second-order valence-corrected chi connectivity index (χ2v) is 4.53. The highest BCUT2D eigenvalue weighted by atomic mass is 16.3. The van der Waals surface area contributed by atoms with Crippen molar-refractivity contribution in [1.82, 2.24) is 4.90 Å². The number of terminal acetylenes is 1. The van der Waals surface area contributed by atoms with E-state index >= 15 is 0 Å². The number of carbonyl (C=O) groups is 1. The summed E-state index contributed by atoms with van der Waals surface area (Å²) in [6.45, 7) is 0.860. The molecule has 1 amide bonds. The summed E-state index contributed by atoms with van der Waals surface area (Å²) in [7, 11) is 0. The molecule has 1 aromatic carbocycles. The SMILES string of the molecule is C#CCN(CC1CC1)C(=O)c1ccc(O)cc1O. The first-order valence-electron chi connectivity index (χ1n) is 5.86. The number of hydrogen-bond acceptors (Lipinski definition) is 3. The van der Waals surface area contributed by atoms with E-state index < -0.39 is 0 Å². The van der Waals surface area contributed by atoms with Crippen molar-refractivity contribution in [2.24, 2.45) is 5.92 Å². The molecule has 4 nitrogen and oxygen atoms in total. The molecule has 0 spiro atoms. The van der Waals surface area contributed by atoms with Gasteiger partial charge in [-0.2, -0.15) is 0 Å². The summed E-state index contributed by atoms with van der Waals surface area (Å²) in [6, 6.07) is 3.93. The van der Waals surface area contributed by atoms with Crippen molar-refractivity contribution < 1.29 is 15.0 Å². The van der Waals surface area contributed by atoms with E-state index in [4.69, 9.17) is 6.42 Å². The normalized spacial score (nSPS) is 13.9. The first kappa shape index (κ1) is 12.3. The van der Waals surface area contributed by atoms with Gasteiger partial charge in [0, 0.05) is 12.6 Å². The molecule has 0 unspecified atom stereocenters. The molecule has 0 aliphatic heterocycles. The molecule has 0 atom stereocenters. The lowest BCUT2D eigenvalue weighted by atomic mass is 10.1. The van der Waals surface area contributed by atoms with Gasteiger partial charge < -0.3 is 15.1 Å². The van der Waals surface area contributed by atoms with Gasteiger partial charge in [0.15, 0.2) is 0 Å². The van der Waals surface area contributed by atoms with Crippen molar-refractivity contribution in [3.63, 3.8) is 0 Å². The number of rotatable bonds is 4. The van der Waals surface area contributed by atoms with Gasteiger partial charge in [-0.1, -0.05) is 5.92 Å². The van der Waals surface area contributed by atoms with Crippen LogP contribution in [0.3, 0.4) is 0 Å². The van der Waals surface area contributed by atoms with Gasteiger partial charge >= 0.3 is 0 Å². The molecule has 2 rings (SSSR count). The zero-order valence-corrected chi connectivity index (χ0v) is 9.97. The number of benzene rings is 1. The Bertz CT molecular complexity index is 500. The van der Waals surface area contributed by atoms with Crippen LogP contribution >= 0.6 is 0 Å². The van der Waals surface area contributed by atoms with Crippen LogP contribution in [0.5, 0.6) is 11.5 Å². The van der Waals surface area contributed by atoms with Gasteiger partial charge in [0.1, 0.15) is 11.5 Å². The fourth-order valence-electron chi connectivity index (χ4n) is 1.81. The third-order valence-electron chi connectivity index (χ3n) is 2.96. The van der Waals surface area contributed by atoms with Crippen LogP contribution in [0.15, 0.2) is 18.2 Å². The van der Waals surface area contributed by atoms with Crippen molar-refractivity contribution in [1.29, 1.82) is 0 Å². The average molecular weight is 245 g/mol. The predicted molar refractivity (Wildman–Crippen MR) is 67.2 cm³/mol. The van der Waals surface area contributed by atoms with Gasteiger partial charge in [-0.25, -0.2) is 0 Å². The Hall–Kier alpha value is -2.15. The van der Waals surface area contributed by atoms with Crippen molar-refractivity contribution in [3.8, 4) is 23.8 Å². The zero-order chi connectivity index (χ0) is 13.1. The van der Waals surface area contributed by atoms with Crippen molar-refractivity contribution in [3.05, 3.63) is 23.8 Å². The molecule has 1 aliphatic carbocycles. The van der Waals surface area contributed by atoms with E-state index in [0.29, 0.717) is 12.5 Å². The number of phenolic OH excluding ortho intramolecular Hbond substituents is 2. The molecule has 2 N–H and O–H groups in total. The van der Waals surface area contributed by atoms with Crippen LogP contribution in [0.4, 0.5) is 0 Å². The van der Waals surface area contributed by atoms with Gasteiger partial charge in [-0.05, 0) is 30.9 Å². The monoisotopic (exact) mass is 245 g/mol. The first-order valence-corrected chi connectivity index (χ1v) is 5.86. The maximum absolute atomic E-state index is 12.2. The molecule has 1 saturated carbocycles. The molecule has 94 valence electrons. The van der Waals surface area contributed by atoms with E-state index in [2.05, 4.69) is 5.92 Å². The van der Waals surface area contributed by atoms with E-state index in [9.17, 15) is 15.0 Å². The fraction of sp³-hybridized carbons (Fsp3) is 0.357. The topological polar surface area (TPSA) is 60.8 Å². The highest BCUT2D eigenvalue weighted by molar-refractivity contribution is 5.97. The van der Waals surface area contributed by atoms with Gasteiger partial charge in [0.25, 0.3) is 5.91 Å². The first-order chi connectivity index (χ1) is 8.61. The zero-order valence-electron chi connectivity index (χ0n) is 9.97. The van der Waals surface area contributed by atoms with Crippen LogP contribution in [0.1, 0.15) is 23.2 Å². The highest BCUT2D eigenvalue weighted by Crippen LogP contribution is 2.31. The lowest BCUT2D eigenvalue weighted by Gasteiger charge is -2.20. The lowest BCUT2D eigenvalue weighted by Crippen LogP contribution is -2.33. The van der Waals surface area contributed by atoms with E-state index in [1.807, 2.05) is 0 Å². The summed E-state index contributed by atoms with van der Waals surface area (Å²) in [5.41, 5.74) is 0.170. The molecule has 0 radical (unpaired) electrons. The number of aromatic hydroxyl groups is 2. The molecule has 0 heterocycles. The second-order valence-electron chi connectivity index (χ2n) is 4.53. The second kappa shape index (κ2) is 5.01. The third-order valence-corrected chi connectivity index (χ3v) is 2.96. The Morgan fingerprint density at radius 2 is 2.17 bits per heavy atom. The predicted octanol–water partition coefficient (Wildman–Crippen LogP) is 1.58. The van der Waals surface area contributed by atoms with Crippen LogP contribution in [-0.2, 0) is 0 Å². The Balaban J connectivity index is 2.18. The minimum atomic E-state index is -0.294. The summed E-state index contributed by atoms with van der Waals surface area (Å²) in [4.78, 5) is 13.8. The van der Waals surface area contributed by atoms with Crippen molar-refractivity contribution in [2.45, 2.75) is 12.8 Å². The molecule has 1 fully saturated rings. The molecule has 0 aromatic heterocycles. The molecule has 18 heavy (non-hydrogen) atoms. The number of carbonyl (C=O) groups excluding carboxylic acids is 1. The van der Waals surface area contributed by atoms with E-state index in [0.717, 1.165) is 18.9 Å². The van der Waals surface area contributed by atoms with Gasteiger partial charge in [0.05, 0.1) is 12.1 Å². The highest BCUT2D eigenvalue weighted by Gasteiger charge is 2.27. The standard InChI is InChI=1S/C14H15NO3/c1-2-7-15(9-10-3-4-10)14(18)12-6-5-11(16)8-13(12)17/h1,5-6,8,10,16-17H,3-4,7,9H2. The summed E-state index contributed by atoms with van der Waals surface area (Å²) >= 11 is 0. The van der Waals surface area contributed by atoms with Gasteiger partial charge in [0.2, 0.25) is 0 Å². The van der Waals surface area contributed by atoms with Crippen LogP contribution in [0.25, 0.3) is 0 Å². The molecule has 1 aliphatic rings. The Kier molecular flexibility index (Phi) is 3.42. The summed E-state index contributed by atoms with van der Waals surface area (Å²) in [6.07, 6.45) is 7.50. The van der Waals surface area contributed by atoms with Gasteiger partial charge in [-0.15, -0.1) is 6.42 Å². The van der Waals surface area contributed by atoms with E-state index in [-0.39, 0.29) is 29.5 Å². The molecule has 4 heteroatoms.